The Morgan fingerprint density at radius 2 is 1.68 bits per heavy atom. The zero-order valence-corrected chi connectivity index (χ0v) is 9.70. The molecule has 2 aromatic carbocycles. The summed E-state index contributed by atoms with van der Waals surface area (Å²) in [5.74, 6) is -2.84. The Bertz CT molecular complexity index is 588. The first kappa shape index (κ1) is 13.1. The number of carbonyl (C=O) groups excluding carboxylic acids is 1. The number of halogens is 3. The van der Waals surface area contributed by atoms with Crippen LogP contribution in [0.25, 0.3) is 0 Å². The molecule has 0 aliphatic rings. The van der Waals surface area contributed by atoms with Gasteiger partial charge in [-0.25, -0.2) is 13.2 Å². The Hall–Kier alpha value is -2.30. The van der Waals surface area contributed by atoms with Gasteiger partial charge in [-0.1, -0.05) is 12.1 Å². The van der Waals surface area contributed by atoms with Gasteiger partial charge in [0.15, 0.2) is 6.29 Å². The largest absolute Gasteiger partial charge is 0.488 e. The van der Waals surface area contributed by atoms with Crippen LogP contribution in [0.1, 0.15) is 15.9 Å². The van der Waals surface area contributed by atoms with Crippen LogP contribution < -0.4 is 4.74 Å². The third-order valence-corrected chi connectivity index (χ3v) is 2.52. The normalized spacial score (nSPS) is 10.3. The number of ether oxygens (including phenoxy) is 1. The van der Waals surface area contributed by atoms with Gasteiger partial charge in [0.2, 0.25) is 0 Å². The van der Waals surface area contributed by atoms with Crippen molar-refractivity contribution in [3.63, 3.8) is 0 Å². The predicted octanol–water partition coefficient (Wildman–Crippen LogP) is 3.50. The molecule has 2 nitrogen and oxygen atoms in total. The summed E-state index contributed by atoms with van der Waals surface area (Å²) < 4.78 is 44.6. The lowest BCUT2D eigenvalue weighted by Crippen LogP contribution is -2.04. The minimum atomic E-state index is -1.03. The summed E-state index contributed by atoms with van der Waals surface area (Å²) in [6, 6.07) is 7.43. The molecule has 19 heavy (non-hydrogen) atoms. The molecule has 0 N–H and O–H groups in total. The third-order valence-electron chi connectivity index (χ3n) is 2.52. The minimum absolute atomic E-state index is 0.209. The Morgan fingerprint density at radius 3 is 2.32 bits per heavy atom. The van der Waals surface area contributed by atoms with Gasteiger partial charge < -0.3 is 4.74 Å². The van der Waals surface area contributed by atoms with Gasteiger partial charge in [0.1, 0.15) is 29.8 Å². The number of hydrogen-bond donors (Lipinski definition) is 0. The van der Waals surface area contributed by atoms with Crippen molar-refractivity contribution in [3.8, 4) is 5.75 Å². The maximum atomic E-state index is 13.4. The SMILES string of the molecule is O=Cc1ccccc1OCc1c(F)cc(F)cc1F. The molecule has 0 saturated heterocycles. The van der Waals surface area contributed by atoms with Gasteiger partial charge in [-0.2, -0.15) is 0 Å². The van der Waals surface area contributed by atoms with Crippen molar-refractivity contribution in [3.05, 3.63) is 65.0 Å². The lowest BCUT2D eigenvalue weighted by Gasteiger charge is -2.09. The van der Waals surface area contributed by atoms with E-state index in [4.69, 9.17) is 4.74 Å². The molecular weight excluding hydrogens is 257 g/mol. The fraction of sp³-hybridized carbons (Fsp3) is 0.0714. The Kier molecular flexibility index (Phi) is 3.85. The first-order chi connectivity index (χ1) is 9.11. The summed E-state index contributed by atoms with van der Waals surface area (Å²) in [6.45, 7) is -0.428. The third kappa shape index (κ3) is 2.93. The van der Waals surface area contributed by atoms with Crippen molar-refractivity contribution in [1.82, 2.24) is 0 Å². The molecule has 5 heteroatoms. The van der Waals surface area contributed by atoms with Crippen LogP contribution in [-0.2, 0) is 6.61 Å². The summed E-state index contributed by atoms with van der Waals surface area (Å²) in [7, 11) is 0. The van der Waals surface area contributed by atoms with Crippen molar-refractivity contribution < 1.29 is 22.7 Å². The van der Waals surface area contributed by atoms with Gasteiger partial charge in [0, 0.05) is 12.1 Å². The summed E-state index contributed by atoms with van der Waals surface area (Å²) in [4.78, 5) is 10.7. The van der Waals surface area contributed by atoms with Gasteiger partial charge in [-0.3, -0.25) is 4.79 Å². The van der Waals surface area contributed by atoms with E-state index in [-0.39, 0.29) is 16.9 Å². The predicted molar refractivity (Wildman–Crippen MR) is 62.5 cm³/mol. The monoisotopic (exact) mass is 266 g/mol. The van der Waals surface area contributed by atoms with Crippen LogP contribution in [0.15, 0.2) is 36.4 Å². The van der Waals surface area contributed by atoms with Crippen molar-refractivity contribution in [2.75, 3.05) is 0 Å². The molecule has 0 unspecified atom stereocenters. The number of carbonyl (C=O) groups is 1. The highest BCUT2D eigenvalue weighted by Gasteiger charge is 2.12. The quantitative estimate of drug-likeness (QED) is 0.792. The highest BCUT2D eigenvalue weighted by molar-refractivity contribution is 5.79. The van der Waals surface area contributed by atoms with Crippen LogP contribution in [0, 0.1) is 17.5 Å². The fourth-order valence-corrected chi connectivity index (χ4v) is 1.57. The van der Waals surface area contributed by atoms with E-state index in [0.29, 0.717) is 18.4 Å². The molecule has 98 valence electrons. The molecule has 2 rings (SSSR count). The Morgan fingerprint density at radius 1 is 1.05 bits per heavy atom. The minimum Gasteiger partial charge on any atom is -0.488 e. The molecule has 0 fully saturated rings. The zero-order valence-electron chi connectivity index (χ0n) is 9.70. The summed E-state index contributed by atoms with van der Waals surface area (Å²) in [5.41, 5.74) is -0.118. The van der Waals surface area contributed by atoms with Crippen LogP contribution >= 0.6 is 0 Å². The zero-order chi connectivity index (χ0) is 13.8. The highest BCUT2D eigenvalue weighted by Crippen LogP contribution is 2.20. The molecule has 0 aliphatic heterocycles. The lowest BCUT2D eigenvalue weighted by molar-refractivity contribution is 0.111. The molecule has 0 bridgehead atoms. The molecule has 0 aliphatic carbocycles. The topological polar surface area (TPSA) is 26.3 Å². The maximum Gasteiger partial charge on any atom is 0.153 e. The Balaban J connectivity index is 2.21. The van der Waals surface area contributed by atoms with E-state index in [1.807, 2.05) is 0 Å². The Labute approximate surface area is 107 Å². The van der Waals surface area contributed by atoms with Crippen LogP contribution in [-0.4, -0.2) is 6.29 Å². The number of aldehydes is 1. The van der Waals surface area contributed by atoms with Crippen molar-refractivity contribution in [2.45, 2.75) is 6.61 Å². The van der Waals surface area contributed by atoms with E-state index in [2.05, 4.69) is 0 Å². The van der Waals surface area contributed by atoms with E-state index < -0.39 is 24.1 Å². The average Bonchev–Trinajstić information content (AvgIpc) is 2.38. The molecule has 0 heterocycles. The molecule has 2 aromatic rings. The molecule has 0 atom stereocenters. The van der Waals surface area contributed by atoms with Gasteiger partial charge >= 0.3 is 0 Å². The smallest absolute Gasteiger partial charge is 0.153 e. The average molecular weight is 266 g/mol. The van der Waals surface area contributed by atoms with Crippen molar-refractivity contribution >= 4 is 6.29 Å². The fourth-order valence-electron chi connectivity index (χ4n) is 1.57. The van der Waals surface area contributed by atoms with Crippen molar-refractivity contribution in [1.29, 1.82) is 0 Å². The van der Waals surface area contributed by atoms with Crippen molar-refractivity contribution in [2.24, 2.45) is 0 Å². The second-order valence-electron chi connectivity index (χ2n) is 3.79. The van der Waals surface area contributed by atoms with E-state index >= 15 is 0 Å². The number of benzene rings is 2. The summed E-state index contributed by atoms with van der Waals surface area (Å²) in [6.07, 6.45) is 0.576. The highest BCUT2D eigenvalue weighted by atomic mass is 19.1. The number of hydrogen-bond acceptors (Lipinski definition) is 2. The van der Waals surface area contributed by atoms with Crippen LogP contribution in [0.5, 0.6) is 5.75 Å². The molecule has 0 spiro atoms. The first-order valence-corrected chi connectivity index (χ1v) is 5.42. The molecule has 0 radical (unpaired) electrons. The van der Waals surface area contributed by atoms with Gasteiger partial charge in [0.25, 0.3) is 0 Å². The summed E-state index contributed by atoms with van der Waals surface area (Å²) in [5, 5.41) is 0. The maximum absolute atomic E-state index is 13.4. The van der Waals surface area contributed by atoms with Crippen LogP contribution in [0.3, 0.4) is 0 Å². The summed E-state index contributed by atoms with van der Waals surface area (Å²) >= 11 is 0. The first-order valence-electron chi connectivity index (χ1n) is 5.42. The van der Waals surface area contributed by atoms with Gasteiger partial charge in [-0.05, 0) is 12.1 Å². The number of rotatable bonds is 4. The number of para-hydroxylation sites is 1. The molecule has 0 saturated carbocycles. The van der Waals surface area contributed by atoms with Gasteiger partial charge in [0.05, 0.1) is 11.1 Å². The molecular formula is C14H9F3O2. The standard InChI is InChI=1S/C14H9F3O2/c15-10-5-12(16)11(13(17)6-10)8-19-14-4-2-1-3-9(14)7-18/h1-7H,8H2. The molecule has 0 aromatic heterocycles. The second-order valence-corrected chi connectivity index (χ2v) is 3.79. The van der Waals surface area contributed by atoms with E-state index in [0.717, 1.165) is 0 Å². The van der Waals surface area contributed by atoms with E-state index in [1.54, 1.807) is 12.1 Å². The van der Waals surface area contributed by atoms with E-state index in [9.17, 15) is 18.0 Å². The van der Waals surface area contributed by atoms with Crippen LogP contribution in [0.4, 0.5) is 13.2 Å². The van der Waals surface area contributed by atoms with Crippen LogP contribution in [0.2, 0.25) is 0 Å². The van der Waals surface area contributed by atoms with Gasteiger partial charge in [-0.15, -0.1) is 0 Å². The second kappa shape index (κ2) is 5.56. The lowest BCUT2D eigenvalue weighted by atomic mass is 10.2. The van der Waals surface area contributed by atoms with E-state index in [1.165, 1.54) is 12.1 Å². The molecule has 0 amide bonds.